The zero-order chi connectivity index (χ0) is 23.5. The molecule has 2 atom stereocenters. The number of carbonyl (C=O) groups excluding carboxylic acids is 1. The summed E-state index contributed by atoms with van der Waals surface area (Å²) in [5.41, 5.74) is 5.33. The SMILES string of the molecule is CC(c1ccccc1)N1CCc2sc(C(=O)NCC(O)CN3CCc4ccccc4C3)cc2C1. The second kappa shape index (κ2) is 10.4. The Bertz CT molecular complexity index is 1130. The average Bonchev–Trinajstić information content (AvgIpc) is 3.31. The van der Waals surface area contributed by atoms with Crippen LogP contribution >= 0.6 is 11.3 Å². The number of hydrogen-bond acceptors (Lipinski definition) is 5. The molecule has 0 bridgehead atoms. The van der Waals surface area contributed by atoms with Crippen LogP contribution < -0.4 is 5.32 Å². The molecule has 0 saturated heterocycles. The fraction of sp³-hybridized carbons (Fsp3) is 0.393. The number of rotatable bonds is 7. The molecule has 2 aromatic carbocycles. The Kier molecular flexibility index (Phi) is 7.11. The van der Waals surface area contributed by atoms with Crippen LogP contribution in [0.4, 0.5) is 0 Å². The summed E-state index contributed by atoms with van der Waals surface area (Å²) in [7, 11) is 0. The van der Waals surface area contributed by atoms with Gasteiger partial charge in [0.2, 0.25) is 0 Å². The Balaban J connectivity index is 1.13. The first kappa shape index (κ1) is 23.2. The molecule has 3 heterocycles. The van der Waals surface area contributed by atoms with E-state index in [1.54, 1.807) is 11.3 Å². The van der Waals surface area contributed by atoms with Gasteiger partial charge in [0.05, 0.1) is 11.0 Å². The number of aliphatic hydroxyl groups excluding tert-OH is 1. The van der Waals surface area contributed by atoms with E-state index in [1.807, 2.05) is 6.07 Å². The van der Waals surface area contributed by atoms with E-state index < -0.39 is 6.10 Å². The van der Waals surface area contributed by atoms with Crippen molar-refractivity contribution in [1.29, 1.82) is 0 Å². The summed E-state index contributed by atoms with van der Waals surface area (Å²) in [6.07, 6.45) is 1.41. The van der Waals surface area contributed by atoms with Crippen LogP contribution in [0, 0.1) is 0 Å². The van der Waals surface area contributed by atoms with Gasteiger partial charge in [0.1, 0.15) is 0 Å². The van der Waals surface area contributed by atoms with Gasteiger partial charge in [-0.25, -0.2) is 0 Å². The summed E-state index contributed by atoms with van der Waals surface area (Å²) < 4.78 is 0. The monoisotopic (exact) mass is 475 g/mol. The first-order valence-corrected chi connectivity index (χ1v) is 13.0. The van der Waals surface area contributed by atoms with Crippen molar-refractivity contribution < 1.29 is 9.90 Å². The fourth-order valence-electron chi connectivity index (χ4n) is 5.11. The average molecular weight is 476 g/mol. The summed E-state index contributed by atoms with van der Waals surface area (Å²) in [5, 5.41) is 13.5. The molecular weight excluding hydrogens is 442 g/mol. The first-order valence-electron chi connectivity index (χ1n) is 12.2. The smallest absolute Gasteiger partial charge is 0.261 e. The van der Waals surface area contributed by atoms with Gasteiger partial charge in [0.15, 0.2) is 0 Å². The Morgan fingerprint density at radius 3 is 2.59 bits per heavy atom. The van der Waals surface area contributed by atoms with Gasteiger partial charge in [0.25, 0.3) is 5.91 Å². The normalized spacial score (nSPS) is 18.1. The minimum atomic E-state index is -0.578. The molecule has 1 amide bonds. The highest BCUT2D eigenvalue weighted by molar-refractivity contribution is 7.14. The third-order valence-electron chi connectivity index (χ3n) is 7.13. The lowest BCUT2D eigenvalue weighted by atomic mass is 10.00. The lowest BCUT2D eigenvalue weighted by Gasteiger charge is -2.32. The van der Waals surface area contributed by atoms with Crippen molar-refractivity contribution in [3.8, 4) is 0 Å². The highest BCUT2D eigenvalue weighted by Gasteiger charge is 2.25. The topological polar surface area (TPSA) is 55.8 Å². The van der Waals surface area contributed by atoms with Crippen molar-refractivity contribution in [2.24, 2.45) is 0 Å². The number of carbonyl (C=O) groups is 1. The summed E-state index contributed by atoms with van der Waals surface area (Å²) in [6.45, 7) is 6.77. The molecule has 0 aliphatic carbocycles. The maximum atomic E-state index is 12.8. The predicted octanol–water partition coefficient (Wildman–Crippen LogP) is 4.02. The zero-order valence-electron chi connectivity index (χ0n) is 19.7. The Labute approximate surface area is 206 Å². The van der Waals surface area contributed by atoms with Gasteiger partial charge >= 0.3 is 0 Å². The number of amides is 1. The van der Waals surface area contributed by atoms with Crippen molar-refractivity contribution >= 4 is 17.2 Å². The van der Waals surface area contributed by atoms with E-state index in [1.165, 1.54) is 27.1 Å². The summed E-state index contributed by atoms with van der Waals surface area (Å²) in [4.78, 5) is 19.6. The molecule has 2 aliphatic heterocycles. The van der Waals surface area contributed by atoms with Crippen molar-refractivity contribution in [3.05, 3.63) is 92.7 Å². The van der Waals surface area contributed by atoms with Crippen molar-refractivity contribution in [1.82, 2.24) is 15.1 Å². The predicted molar refractivity (Wildman–Crippen MR) is 137 cm³/mol. The van der Waals surface area contributed by atoms with Crippen molar-refractivity contribution in [2.45, 2.75) is 45.0 Å². The van der Waals surface area contributed by atoms with Gasteiger partial charge < -0.3 is 10.4 Å². The second-order valence-electron chi connectivity index (χ2n) is 9.48. The molecule has 0 fully saturated rings. The van der Waals surface area contributed by atoms with E-state index in [4.69, 9.17) is 0 Å². The van der Waals surface area contributed by atoms with Crippen LogP contribution in [0.3, 0.4) is 0 Å². The van der Waals surface area contributed by atoms with E-state index in [-0.39, 0.29) is 12.5 Å². The van der Waals surface area contributed by atoms with Gasteiger partial charge in [-0.05, 0) is 48.1 Å². The lowest BCUT2D eigenvalue weighted by Crippen LogP contribution is -2.41. The van der Waals surface area contributed by atoms with Gasteiger partial charge in [-0.15, -0.1) is 11.3 Å². The third-order valence-corrected chi connectivity index (χ3v) is 8.36. The van der Waals surface area contributed by atoms with Gasteiger partial charge in [-0.1, -0.05) is 54.6 Å². The Morgan fingerprint density at radius 2 is 1.76 bits per heavy atom. The minimum Gasteiger partial charge on any atom is -0.390 e. The Hall–Kier alpha value is -2.51. The van der Waals surface area contributed by atoms with Gasteiger partial charge in [-0.3, -0.25) is 14.6 Å². The molecule has 2 N–H and O–H groups in total. The van der Waals surface area contributed by atoms with Crippen LogP contribution in [0.1, 0.15) is 49.8 Å². The second-order valence-corrected chi connectivity index (χ2v) is 10.6. The number of aliphatic hydroxyl groups is 1. The quantitative estimate of drug-likeness (QED) is 0.542. The van der Waals surface area contributed by atoms with E-state index in [0.717, 1.165) is 43.9 Å². The van der Waals surface area contributed by atoms with E-state index in [0.29, 0.717) is 12.6 Å². The van der Waals surface area contributed by atoms with E-state index >= 15 is 0 Å². The molecule has 0 spiro atoms. The number of nitrogens with one attached hydrogen (secondary N) is 1. The van der Waals surface area contributed by atoms with Crippen LogP contribution in [-0.4, -0.2) is 53.1 Å². The van der Waals surface area contributed by atoms with E-state index in [2.05, 4.69) is 76.6 Å². The molecule has 5 rings (SSSR count). The van der Waals surface area contributed by atoms with Crippen LogP contribution in [0.5, 0.6) is 0 Å². The van der Waals surface area contributed by atoms with Crippen LogP contribution in [0.15, 0.2) is 60.7 Å². The molecule has 34 heavy (non-hydrogen) atoms. The molecule has 1 aromatic heterocycles. The van der Waals surface area contributed by atoms with Crippen LogP contribution in [0.2, 0.25) is 0 Å². The number of thiophene rings is 1. The molecule has 0 radical (unpaired) electrons. The molecular formula is C28H33N3O2S. The molecule has 6 heteroatoms. The fourth-order valence-corrected chi connectivity index (χ4v) is 6.19. The number of benzene rings is 2. The number of hydrogen-bond donors (Lipinski definition) is 2. The minimum absolute atomic E-state index is 0.0786. The standard InChI is InChI=1S/C28H33N3O2S/c1-20(21-7-3-2-4-8-21)31-14-12-26-24(18-31)15-27(34-26)28(33)29-16-25(32)19-30-13-11-22-9-5-6-10-23(22)17-30/h2-10,15,20,25,32H,11-14,16-19H2,1H3,(H,29,33). The van der Waals surface area contributed by atoms with Crippen molar-refractivity contribution in [2.75, 3.05) is 26.2 Å². The highest BCUT2D eigenvalue weighted by atomic mass is 32.1. The summed E-state index contributed by atoms with van der Waals surface area (Å²) in [5.74, 6) is -0.0786. The molecule has 2 unspecified atom stereocenters. The maximum absolute atomic E-state index is 12.8. The van der Waals surface area contributed by atoms with Crippen LogP contribution in [0.25, 0.3) is 0 Å². The lowest BCUT2D eigenvalue weighted by molar-refractivity contribution is 0.0845. The largest absolute Gasteiger partial charge is 0.390 e. The number of β-amino-alcohol motifs (C(OH)–C–C–N with tert-alkyl or cyclic N) is 1. The Morgan fingerprint density at radius 1 is 1.00 bits per heavy atom. The van der Waals surface area contributed by atoms with Gasteiger partial charge in [0, 0.05) is 50.2 Å². The summed E-state index contributed by atoms with van der Waals surface area (Å²) in [6, 6.07) is 21.5. The molecule has 3 aromatic rings. The first-order chi connectivity index (χ1) is 16.6. The number of fused-ring (bicyclic) bond motifs is 2. The summed E-state index contributed by atoms with van der Waals surface area (Å²) >= 11 is 1.60. The van der Waals surface area contributed by atoms with Crippen LogP contribution in [-0.2, 0) is 25.9 Å². The van der Waals surface area contributed by atoms with Gasteiger partial charge in [-0.2, -0.15) is 0 Å². The molecule has 178 valence electrons. The molecule has 5 nitrogen and oxygen atoms in total. The zero-order valence-corrected chi connectivity index (χ0v) is 20.6. The third kappa shape index (κ3) is 5.26. The van der Waals surface area contributed by atoms with Crippen molar-refractivity contribution in [3.63, 3.8) is 0 Å². The molecule has 2 aliphatic rings. The maximum Gasteiger partial charge on any atom is 0.261 e. The highest BCUT2D eigenvalue weighted by Crippen LogP contribution is 2.32. The number of nitrogens with zero attached hydrogens (tertiary/aromatic N) is 2. The van der Waals surface area contributed by atoms with E-state index in [9.17, 15) is 9.90 Å². The molecule has 0 saturated carbocycles.